The van der Waals surface area contributed by atoms with Crippen molar-refractivity contribution in [1.29, 1.82) is 5.41 Å². The summed E-state index contributed by atoms with van der Waals surface area (Å²) in [6, 6.07) is 7.21. The molecule has 2 N–H and O–H groups in total. The Morgan fingerprint density at radius 2 is 2.06 bits per heavy atom. The first-order valence-electron chi connectivity index (χ1n) is 5.03. The number of carbonyl (C=O) groups is 1. The fraction of sp³-hybridized carbons (Fsp3) is 0.273. The zero-order chi connectivity index (χ0) is 11.5. The number of urea groups is 1. The number of nitrogens with zero attached hydrogens (tertiary/aromatic N) is 1. The first-order valence-corrected chi connectivity index (χ1v) is 5.41. The van der Waals surface area contributed by atoms with Gasteiger partial charge in [0.25, 0.3) is 0 Å². The molecule has 2 amide bonds. The lowest BCUT2D eigenvalue weighted by Gasteiger charge is -2.27. The summed E-state index contributed by atoms with van der Waals surface area (Å²) in [5.74, 6) is 0.289. The van der Waals surface area contributed by atoms with Crippen LogP contribution in [0.15, 0.2) is 24.3 Å². The van der Waals surface area contributed by atoms with Crippen LogP contribution in [-0.2, 0) is 6.54 Å². The monoisotopic (exact) mass is 237 g/mol. The number of benzene rings is 1. The second-order valence-electron chi connectivity index (χ2n) is 3.71. The van der Waals surface area contributed by atoms with Crippen molar-refractivity contribution < 1.29 is 4.79 Å². The average molecular weight is 238 g/mol. The van der Waals surface area contributed by atoms with E-state index in [9.17, 15) is 4.79 Å². The van der Waals surface area contributed by atoms with Crippen LogP contribution in [0.3, 0.4) is 0 Å². The molecule has 16 heavy (non-hydrogen) atoms. The first-order chi connectivity index (χ1) is 7.65. The molecule has 1 fully saturated rings. The molecule has 0 bridgehead atoms. The maximum atomic E-state index is 11.5. The Morgan fingerprint density at radius 1 is 1.38 bits per heavy atom. The van der Waals surface area contributed by atoms with Gasteiger partial charge < -0.3 is 4.90 Å². The van der Waals surface area contributed by atoms with Crippen LogP contribution in [0.5, 0.6) is 0 Å². The van der Waals surface area contributed by atoms with E-state index in [-0.39, 0.29) is 11.9 Å². The summed E-state index contributed by atoms with van der Waals surface area (Å²) in [6.45, 7) is 1.14. The highest BCUT2D eigenvalue weighted by atomic mass is 35.5. The molecule has 84 valence electrons. The molecule has 1 aliphatic rings. The van der Waals surface area contributed by atoms with E-state index >= 15 is 0 Å². The smallest absolute Gasteiger partial charge is 0.320 e. The van der Waals surface area contributed by atoms with Crippen LogP contribution in [0.25, 0.3) is 0 Å². The van der Waals surface area contributed by atoms with Gasteiger partial charge in [0.2, 0.25) is 0 Å². The molecule has 1 aromatic rings. The maximum Gasteiger partial charge on any atom is 0.323 e. The molecule has 5 heteroatoms. The van der Waals surface area contributed by atoms with Gasteiger partial charge >= 0.3 is 6.03 Å². The van der Waals surface area contributed by atoms with Crippen LogP contribution < -0.4 is 5.32 Å². The minimum absolute atomic E-state index is 0.203. The van der Waals surface area contributed by atoms with E-state index in [1.807, 2.05) is 12.1 Å². The molecular formula is C11H12ClN3O. The van der Waals surface area contributed by atoms with Gasteiger partial charge in [0.15, 0.2) is 0 Å². The normalized spacial score (nSPS) is 16.2. The number of halogens is 1. The Kier molecular flexibility index (Phi) is 3.10. The van der Waals surface area contributed by atoms with Gasteiger partial charge in [-0.15, -0.1) is 0 Å². The number of carbonyl (C=O) groups excluding carboxylic acids is 1. The van der Waals surface area contributed by atoms with Crippen molar-refractivity contribution in [1.82, 2.24) is 10.2 Å². The minimum atomic E-state index is -0.203. The fourth-order valence-corrected chi connectivity index (χ4v) is 1.71. The van der Waals surface area contributed by atoms with Crippen LogP contribution in [0.4, 0.5) is 4.79 Å². The molecule has 0 spiro atoms. The summed E-state index contributed by atoms with van der Waals surface area (Å²) in [5, 5.41) is 10.5. The van der Waals surface area contributed by atoms with Crippen LogP contribution in [0.1, 0.15) is 12.0 Å². The molecule has 0 aliphatic carbocycles. The fourth-order valence-electron chi connectivity index (χ4n) is 1.58. The van der Waals surface area contributed by atoms with Crippen LogP contribution >= 0.6 is 11.6 Å². The van der Waals surface area contributed by atoms with E-state index in [0.717, 1.165) is 5.56 Å². The molecule has 0 aromatic heterocycles. The Labute approximate surface area is 98.7 Å². The third-order valence-corrected chi connectivity index (χ3v) is 2.72. The van der Waals surface area contributed by atoms with E-state index in [1.165, 1.54) is 0 Å². The van der Waals surface area contributed by atoms with E-state index in [4.69, 9.17) is 17.0 Å². The van der Waals surface area contributed by atoms with Crippen molar-refractivity contribution in [2.75, 3.05) is 6.54 Å². The molecule has 0 atom stereocenters. The molecule has 0 saturated carbocycles. The molecule has 1 aromatic carbocycles. The third-order valence-electron chi connectivity index (χ3n) is 2.46. The minimum Gasteiger partial charge on any atom is -0.320 e. The Balaban J connectivity index is 2.02. The molecule has 0 radical (unpaired) electrons. The van der Waals surface area contributed by atoms with E-state index < -0.39 is 0 Å². The first kappa shape index (κ1) is 11.0. The van der Waals surface area contributed by atoms with E-state index in [1.54, 1.807) is 17.0 Å². The highest BCUT2D eigenvalue weighted by Gasteiger charge is 2.20. The van der Waals surface area contributed by atoms with Gasteiger partial charge in [0, 0.05) is 24.5 Å². The number of amidine groups is 1. The molecular weight excluding hydrogens is 226 g/mol. The summed E-state index contributed by atoms with van der Waals surface area (Å²) in [7, 11) is 0. The van der Waals surface area contributed by atoms with Crippen LogP contribution in [-0.4, -0.2) is 23.3 Å². The molecule has 4 nitrogen and oxygen atoms in total. The van der Waals surface area contributed by atoms with Crippen LogP contribution in [0, 0.1) is 5.41 Å². The maximum absolute atomic E-state index is 11.5. The average Bonchev–Trinajstić information content (AvgIpc) is 2.25. The predicted octanol–water partition coefficient (Wildman–Crippen LogP) is 2.23. The van der Waals surface area contributed by atoms with Gasteiger partial charge in [-0.05, 0) is 17.7 Å². The van der Waals surface area contributed by atoms with Crippen molar-refractivity contribution in [2.45, 2.75) is 13.0 Å². The SMILES string of the molecule is N=C1CCN(Cc2ccc(Cl)cc2)C(=O)N1. The summed E-state index contributed by atoms with van der Waals surface area (Å²) in [6.07, 6.45) is 0.583. The molecule has 1 heterocycles. The standard InChI is InChI=1S/C11H12ClN3O/c12-9-3-1-8(2-4-9)7-15-6-5-10(13)14-11(15)16/h1-4H,5-7H2,(H2,13,14,16). The Bertz CT molecular complexity index is 416. The lowest BCUT2D eigenvalue weighted by atomic mass is 10.2. The number of nitrogens with one attached hydrogen (secondary N) is 2. The zero-order valence-electron chi connectivity index (χ0n) is 8.66. The topological polar surface area (TPSA) is 56.2 Å². The second kappa shape index (κ2) is 4.53. The van der Waals surface area contributed by atoms with E-state index in [0.29, 0.717) is 24.5 Å². The second-order valence-corrected chi connectivity index (χ2v) is 4.14. The number of hydrogen-bond donors (Lipinski definition) is 2. The summed E-state index contributed by atoms with van der Waals surface area (Å²) in [4.78, 5) is 13.2. The Morgan fingerprint density at radius 3 is 2.69 bits per heavy atom. The van der Waals surface area contributed by atoms with Crippen molar-refractivity contribution in [2.24, 2.45) is 0 Å². The van der Waals surface area contributed by atoms with Gasteiger partial charge in [-0.3, -0.25) is 10.7 Å². The number of amides is 2. The highest BCUT2D eigenvalue weighted by Crippen LogP contribution is 2.12. The van der Waals surface area contributed by atoms with Gasteiger partial charge in [0.1, 0.15) is 5.84 Å². The van der Waals surface area contributed by atoms with Crippen molar-refractivity contribution in [3.05, 3.63) is 34.9 Å². The van der Waals surface area contributed by atoms with Crippen LogP contribution in [0.2, 0.25) is 5.02 Å². The predicted molar refractivity (Wildman–Crippen MR) is 62.7 cm³/mol. The highest BCUT2D eigenvalue weighted by molar-refractivity contribution is 6.30. The number of rotatable bonds is 2. The molecule has 1 aliphatic heterocycles. The van der Waals surface area contributed by atoms with Crippen molar-refractivity contribution in [3.8, 4) is 0 Å². The summed E-state index contributed by atoms with van der Waals surface area (Å²) < 4.78 is 0. The quantitative estimate of drug-likeness (QED) is 0.814. The largest absolute Gasteiger partial charge is 0.323 e. The lowest BCUT2D eigenvalue weighted by molar-refractivity contribution is 0.197. The Hall–Kier alpha value is -1.55. The van der Waals surface area contributed by atoms with Gasteiger partial charge in [-0.1, -0.05) is 23.7 Å². The summed E-state index contributed by atoms with van der Waals surface area (Å²) in [5.41, 5.74) is 1.04. The van der Waals surface area contributed by atoms with Gasteiger partial charge in [-0.2, -0.15) is 0 Å². The zero-order valence-corrected chi connectivity index (χ0v) is 9.42. The van der Waals surface area contributed by atoms with Crippen molar-refractivity contribution in [3.63, 3.8) is 0 Å². The number of hydrogen-bond acceptors (Lipinski definition) is 2. The lowest BCUT2D eigenvalue weighted by Crippen LogP contribution is -2.48. The molecule has 2 rings (SSSR count). The third kappa shape index (κ3) is 2.52. The summed E-state index contributed by atoms with van der Waals surface area (Å²) >= 11 is 5.78. The van der Waals surface area contributed by atoms with E-state index in [2.05, 4.69) is 5.32 Å². The molecule has 0 unspecified atom stereocenters. The van der Waals surface area contributed by atoms with Gasteiger partial charge in [0.05, 0.1) is 0 Å². The molecule has 1 saturated heterocycles. The van der Waals surface area contributed by atoms with Gasteiger partial charge in [-0.25, -0.2) is 4.79 Å². The van der Waals surface area contributed by atoms with Crippen molar-refractivity contribution >= 4 is 23.5 Å².